The van der Waals surface area contributed by atoms with Crippen LogP contribution in [0, 0.1) is 0 Å². The number of nitrogens with zero attached hydrogens (tertiary/aromatic N) is 3. The van der Waals surface area contributed by atoms with E-state index < -0.39 is 0 Å². The maximum Gasteiger partial charge on any atom is 0.248 e. The molecule has 0 aliphatic heterocycles. The molecule has 0 unspecified atom stereocenters. The highest BCUT2D eigenvalue weighted by Crippen LogP contribution is 2.25. The highest BCUT2D eigenvalue weighted by Gasteiger charge is 2.07. The van der Waals surface area contributed by atoms with Gasteiger partial charge in [-0.15, -0.1) is 10.2 Å². The van der Waals surface area contributed by atoms with Crippen LogP contribution in [0.15, 0.2) is 23.0 Å². The van der Waals surface area contributed by atoms with E-state index in [4.69, 9.17) is 0 Å². The molecule has 0 bridgehead atoms. The Kier molecular flexibility index (Phi) is 2.51. The van der Waals surface area contributed by atoms with Gasteiger partial charge in [-0.2, -0.15) is 0 Å². The van der Waals surface area contributed by atoms with Crippen LogP contribution < -0.4 is 10.5 Å². The molecule has 0 amide bonds. The Morgan fingerprint density at radius 2 is 2.13 bits per heavy atom. The molecule has 0 spiro atoms. The van der Waals surface area contributed by atoms with Gasteiger partial charge in [0.25, 0.3) is 0 Å². The lowest BCUT2D eigenvalue weighted by Crippen LogP contribution is -2.07. The molecule has 2 aromatic rings. The summed E-state index contributed by atoms with van der Waals surface area (Å²) in [6, 6.07) is 4.98. The zero-order valence-corrected chi connectivity index (χ0v) is 9.21. The Morgan fingerprint density at radius 3 is 2.73 bits per heavy atom. The quantitative estimate of drug-likeness (QED) is 0.822. The molecule has 0 aromatic carbocycles. The Morgan fingerprint density at radius 1 is 1.33 bits per heavy atom. The molecule has 78 valence electrons. The van der Waals surface area contributed by atoms with Crippen molar-refractivity contribution in [2.24, 2.45) is 0 Å². The van der Waals surface area contributed by atoms with Gasteiger partial charge in [0, 0.05) is 20.2 Å². The first-order chi connectivity index (χ1) is 7.16. The number of hydrogen-bond donors (Lipinski definition) is 1. The smallest absolute Gasteiger partial charge is 0.248 e. The normalized spacial score (nSPS) is 10.3. The van der Waals surface area contributed by atoms with Gasteiger partial charge in [-0.25, -0.2) is 0 Å². The van der Waals surface area contributed by atoms with Gasteiger partial charge in [0.15, 0.2) is 5.01 Å². The Bertz CT molecular complexity index is 517. The molecule has 0 saturated carbocycles. The van der Waals surface area contributed by atoms with Crippen LogP contribution in [0.5, 0.6) is 0 Å². The molecule has 5 nitrogen and oxygen atoms in total. The van der Waals surface area contributed by atoms with Crippen LogP contribution in [-0.4, -0.2) is 29.3 Å². The summed E-state index contributed by atoms with van der Waals surface area (Å²) in [5, 5.41) is 9.53. The van der Waals surface area contributed by atoms with E-state index in [1.165, 1.54) is 17.4 Å². The van der Waals surface area contributed by atoms with E-state index in [-0.39, 0.29) is 5.56 Å². The van der Waals surface area contributed by atoms with Gasteiger partial charge in [0.05, 0.1) is 5.69 Å². The first-order valence-electron chi connectivity index (χ1n) is 4.37. The van der Waals surface area contributed by atoms with Crippen molar-refractivity contribution in [3.05, 3.63) is 28.6 Å². The molecule has 2 aromatic heterocycles. The molecule has 0 aliphatic carbocycles. The lowest BCUT2D eigenvalue weighted by atomic mass is 10.4. The van der Waals surface area contributed by atoms with E-state index in [0.29, 0.717) is 5.69 Å². The summed E-state index contributed by atoms with van der Waals surface area (Å²) in [6.07, 6.45) is 0. The van der Waals surface area contributed by atoms with E-state index in [0.717, 1.165) is 10.1 Å². The number of H-pyrrole nitrogens is 1. The van der Waals surface area contributed by atoms with Crippen LogP contribution in [0.25, 0.3) is 10.7 Å². The van der Waals surface area contributed by atoms with Crippen molar-refractivity contribution >= 4 is 16.5 Å². The number of nitrogens with one attached hydrogen (secondary N) is 1. The minimum Gasteiger partial charge on any atom is -0.353 e. The van der Waals surface area contributed by atoms with Gasteiger partial charge in [-0.05, 0) is 6.07 Å². The van der Waals surface area contributed by atoms with Crippen LogP contribution in [0.3, 0.4) is 0 Å². The minimum atomic E-state index is -0.130. The number of rotatable bonds is 2. The highest BCUT2D eigenvalue weighted by atomic mass is 32.1. The highest BCUT2D eigenvalue weighted by molar-refractivity contribution is 7.18. The van der Waals surface area contributed by atoms with Crippen LogP contribution in [0.1, 0.15) is 0 Å². The summed E-state index contributed by atoms with van der Waals surface area (Å²) in [7, 11) is 3.80. The van der Waals surface area contributed by atoms with Crippen molar-refractivity contribution in [1.82, 2.24) is 15.2 Å². The van der Waals surface area contributed by atoms with Crippen molar-refractivity contribution in [2.45, 2.75) is 0 Å². The molecular formula is C9H10N4OS. The lowest BCUT2D eigenvalue weighted by molar-refractivity contribution is 1.01. The number of anilines is 1. The summed E-state index contributed by atoms with van der Waals surface area (Å²) < 4.78 is 0. The van der Waals surface area contributed by atoms with Gasteiger partial charge in [-0.3, -0.25) is 4.79 Å². The predicted octanol–water partition coefficient (Wildman–Crippen LogP) is 0.959. The van der Waals surface area contributed by atoms with Gasteiger partial charge in [0.1, 0.15) is 0 Å². The van der Waals surface area contributed by atoms with Gasteiger partial charge in [-0.1, -0.05) is 17.4 Å². The van der Waals surface area contributed by atoms with Crippen molar-refractivity contribution < 1.29 is 0 Å². The fraction of sp³-hybridized carbons (Fsp3) is 0.222. The molecule has 0 atom stereocenters. The summed E-state index contributed by atoms with van der Waals surface area (Å²) in [6.45, 7) is 0. The predicted molar refractivity (Wildman–Crippen MR) is 60.3 cm³/mol. The second kappa shape index (κ2) is 3.82. The van der Waals surface area contributed by atoms with E-state index in [1.807, 2.05) is 19.0 Å². The zero-order valence-electron chi connectivity index (χ0n) is 8.39. The van der Waals surface area contributed by atoms with Crippen molar-refractivity contribution in [3.8, 4) is 10.7 Å². The molecule has 0 saturated heterocycles. The Labute approximate surface area is 90.4 Å². The summed E-state index contributed by atoms with van der Waals surface area (Å²) in [4.78, 5) is 15.7. The Balaban J connectivity index is 2.41. The van der Waals surface area contributed by atoms with E-state index in [1.54, 1.807) is 12.1 Å². The van der Waals surface area contributed by atoms with Gasteiger partial charge >= 0.3 is 0 Å². The van der Waals surface area contributed by atoms with Crippen LogP contribution in [0.2, 0.25) is 0 Å². The van der Waals surface area contributed by atoms with Crippen molar-refractivity contribution in [1.29, 1.82) is 0 Å². The molecule has 0 fully saturated rings. The summed E-state index contributed by atoms with van der Waals surface area (Å²) >= 11 is 1.44. The second-order valence-corrected chi connectivity index (χ2v) is 4.17. The number of pyridine rings is 1. The maximum absolute atomic E-state index is 11.1. The minimum absolute atomic E-state index is 0.130. The average Bonchev–Trinajstić information content (AvgIpc) is 2.66. The molecule has 1 N–H and O–H groups in total. The maximum atomic E-state index is 11.1. The average molecular weight is 222 g/mol. The van der Waals surface area contributed by atoms with Crippen LogP contribution in [-0.2, 0) is 0 Å². The number of hydrogen-bond acceptors (Lipinski definition) is 5. The molecule has 6 heteroatoms. The fourth-order valence-corrected chi connectivity index (χ4v) is 1.83. The van der Waals surface area contributed by atoms with Gasteiger partial charge in [0.2, 0.25) is 10.7 Å². The Hall–Kier alpha value is -1.69. The number of aromatic nitrogens is 3. The van der Waals surface area contributed by atoms with Crippen molar-refractivity contribution in [3.63, 3.8) is 0 Å². The standard InChI is InChI=1S/C9H10N4OS/c1-13(2)9-12-11-8(15-9)6-4-3-5-7(14)10-6/h3-5H,1-2H3,(H,10,14). The molecule has 0 radical (unpaired) electrons. The SMILES string of the molecule is CN(C)c1nnc(-c2cccc(=O)[nH]2)s1. The first kappa shape index (κ1) is 9.85. The van der Waals surface area contributed by atoms with E-state index >= 15 is 0 Å². The van der Waals surface area contributed by atoms with E-state index in [2.05, 4.69) is 15.2 Å². The molecular weight excluding hydrogens is 212 g/mol. The van der Waals surface area contributed by atoms with E-state index in [9.17, 15) is 4.79 Å². The van der Waals surface area contributed by atoms with Gasteiger partial charge < -0.3 is 9.88 Å². The third kappa shape index (κ3) is 2.04. The summed E-state index contributed by atoms with van der Waals surface area (Å²) in [5.41, 5.74) is 0.571. The third-order valence-electron chi connectivity index (χ3n) is 1.80. The topological polar surface area (TPSA) is 61.9 Å². The lowest BCUT2D eigenvalue weighted by Gasteiger charge is -2.03. The largest absolute Gasteiger partial charge is 0.353 e. The molecule has 15 heavy (non-hydrogen) atoms. The molecule has 0 aliphatic rings. The zero-order chi connectivity index (χ0) is 10.8. The number of aromatic amines is 1. The van der Waals surface area contributed by atoms with Crippen LogP contribution >= 0.6 is 11.3 Å². The molecule has 2 heterocycles. The molecule has 2 rings (SSSR count). The summed E-state index contributed by atoms with van der Waals surface area (Å²) in [5.74, 6) is 0. The first-order valence-corrected chi connectivity index (χ1v) is 5.19. The second-order valence-electron chi connectivity index (χ2n) is 3.21. The van der Waals surface area contributed by atoms with Crippen LogP contribution in [0.4, 0.5) is 5.13 Å². The van der Waals surface area contributed by atoms with Crippen molar-refractivity contribution in [2.75, 3.05) is 19.0 Å². The fourth-order valence-electron chi connectivity index (χ4n) is 1.08. The monoisotopic (exact) mass is 222 g/mol. The third-order valence-corrected chi connectivity index (χ3v) is 2.92.